The van der Waals surface area contributed by atoms with Gasteiger partial charge in [-0.15, -0.1) is 11.3 Å². The third-order valence-corrected chi connectivity index (χ3v) is 5.32. The minimum atomic E-state index is -0.695. The number of thiophene rings is 1. The highest BCUT2D eigenvalue weighted by atomic mass is 32.1. The van der Waals surface area contributed by atoms with Gasteiger partial charge in [0.15, 0.2) is 6.61 Å². The Kier molecular flexibility index (Phi) is 6.92. The largest absolute Gasteiger partial charge is 0.452 e. The summed E-state index contributed by atoms with van der Waals surface area (Å²) in [5.41, 5.74) is 2.74. The van der Waals surface area contributed by atoms with Crippen LogP contribution in [0.2, 0.25) is 0 Å². The second-order valence-corrected chi connectivity index (χ2v) is 7.40. The number of hydrogen-bond acceptors (Lipinski definition) is 5. The molecule has 1 amide bonds. The van der Waals surface area contributed by atoms with Crippen LogP contribution in [0.25, 0.3) is 0 Å². The van der Waals surface area contributed by atoms with Gasteiger partial charge in [-0.3, -0.25) is 9.59 Å². The molecule has 0 fully saturated rings. The molecule has 0 bridgehead atoms. The molecule has 0 aliphatic carbocycles. The zero-order valence-corrected chi connectivity index (χ0v) is 16.8. The Hall–Kier alpha value is -3.25. The maximum atomic E-state index is 12.6. The van der Waals surface area contributed by atoms with Crippen LogP contribution in [0.1, 0.15) is 36.7 Å². The maximum absolute atomic E-state index is 12.6. The van der Waals surface area contributed by atoms with E-state index in [2.05, 4.69) is 5.32 Å². The van der Waals surface area contributed by atoms with Crippen LogP contribution >= 0.6 is 11.3 Å². The molecule has 148 valence electrons. The van der Waals surface area contributed by atoms with Crippen LogP contribution in [0, 0.1) is 6.92 Å². The van der Waals surface area contributed by atoms with Crippen LogP contribution in [0.4, 0.5) is 0 Å². The molecule has 2 aromatic carbocycles. The second-order valence-electron chi connectivity index (χ2n) is 6.45. The molecule has 0 saturated heterocycles. The van der Waals surface area contributed by atoms with Gasteiger partial charge in [-0.05, 0) is 42.0 Å². The minimum Gasteiger partial charge on any atom is -0.452 e. The molecule has 1 aromatic heterocycles. The zero-order chi connectivity index (χ0) is 20.6. The van der Waals surface area contributed by atoms with Gasteiger partial charge in [0.1, 0.15) is 0 Å². The first-order chi connectivity index (χ1) is 14.1. The van der Waals surface area contributed by atoms with Gasteiger partial charge in [-0.25, -0.2) is 4.79 Å². The van der Waals surface area contributed by atoms with Crippen LogP contribution in [0.15, 0.2) is 66.0 Å². The number of ketones is 1. The number of benzene rings is 2. The van der Waals surface area contributed by atoms with Crippen LogP contribution in [-0.4, -0.2) is 30.8 Å². The van der Waals surface area contributed by atoms with Crippen LogP contribution < -0.4 is 5.32 Å². The topological polar surface area (TPSA) is 72.5 Å². The lowest BCUT2D eigenvalue weighted by Crippen LogP contribution is -2.30. The molecule has 0 unspecified atom stereocenters. The third-order valence-electron chi connectivity index (χ3n) is 4.45. The highest BCUT2D eigenvalue weighted by Crippen LogP contribution is 2.19. The summed E-state index contributed by atoms with van der Waals surface area (Å²) in [6.07, 6.45) is 0.699. The maximum Gasteiger partial charge on any atom is 0.339 e. The van der Waals surface area contributed by atoms with E-state index in [1.54, 1.807) is 35.7 Å². The molecule has 0 atom stereocenters. The summed E-state index contributed by atoms with van der Waals surface area (Å²) in [6, 6.07) is 17.9. The number of aryl methyl sites for hydroxylation is 1. The molecule has 0 saturated carbocycles. The van der Waals surface area contributed by atoms with Gasteiger partial charge in [-0.1, -0.05) is 48.5 Å². The number of ether oxygens (including phenoxy) is 1. The normalized spacial score (nSPS) is 10.4. The number of carbonyl (C=O) groups is 3. The summed E-state index contributed by atoms with van der Waals surface area (Å²) in [5, 5.41) is 4.54. The molecular weight excluding hydrogens is 386 g/mol. The Morgan fingerprint density at radius 1 is 0.931 bits per heavy atom. The first-order valence-corrected chi connectivity index (χ1v) is 10.1. The number of carbonyl (C=O) groups excluding carboxylic acids is 3. The van der Waals surface area contributed by atoms with Gasteiger partial charge in [-0.2, -0.15) is 0 Å². The molecule has 3 aromatic rings. The molecule has 0 aliphatic rings. The van der Waals surface area contributed by atoms with Crippen molar-refractivity contribution in [2.75, 3.05) is 13.2 Å². The molecular formula is C23H21NO4S. The van der Waals surface area contributed by atoms with E-state index in [-0.39, 0.29) is 22.8 Å². The van der Waals surface area contributed by atoms with Gasteiger partial charge in [0, 0.05) is 12.1 Å². The summed E-state index contributed by atoms with van der Waals surface area (Å²) in [7, 11) is 0. The van der Waals surface area contributed by atoms with E-state index in [0.717, 1.165) is 5.56 Å². The third kappa shape index (κ3) is 5.39. The fraction of sp³-hybridized carbons (Fsp3) is 0.174. The first-order valence-electron chi connectivity index (χ1n) is 9.22. The van der Waals surface area contributed by atoms with Crippen molar-refractivity contribution >= 4 is 29.0 Å². The van der Waals surface area contributed by atoms with E-state index in [9.17, 15) is 14.4 Å². The average molecular weight is 407 g/mol. The standard InChI is InChI=1S/C23H21NO4S/c1-16-7-2-3-8-17(16)12-13-24-21(25)15-28-23(27)19-10-5-4-9-18(19)22(26)20-11-6-14-29-20/h2-11,14H,12-13,15H2,1H3,(H,24,25). The van der Waals surface area contributed by atoms with Crippen molar-refractivity contribution in [3.05, 3.63) is 93.2 Å². The number of nitrogens with one attached hydrogen (secondary N) is 1. The fourth-order valence-electron chi connectivity index (χ4n) is 2.89. The van der Waals surface area contributed by atoms with Crippen molar-refractivity contribution < 1.29 is 19.1 Å². The molecule has 6 heteroatoms. The Labute approximate surface area is 173 Å². The molecule has 0 radical (unpaired) electrons. The van der Waals surface area contributed by atoms with E-state index in [1.807, 2.05) is 31.2 Å². The van der Waals surface area contributed by atoms with E-state index < -0.39 is 12.6 Å². The van der Waals surface area contributed by atoms with Crippen molar-refractivity contribution in [2.24, 2.45) is 0 Å². The Bertz CT molecular complexity index is 1010. The predicted octanol–water partition coefficient (Wildman–Crippen LogP) is 3.80. The number of rotatable bonds is 8. The Morgan fingerprint density at radius 3 is 2.38 bits per heavy atom. The number of esters is 1. The molecule has 0 aliphatic heterocycles. The number of hydrogen-bond donors (Lipinski definition) is 1. The Morgan fingerprint density at radius 2 is 1.66 bits per heavy atom. The summed E-state index contributed by atoms with van der Waals surface area (Å²) in [6.45, 7) is 2.08. The molecule has 1 heterocycles. The molecule has 1 N–H and O–H groups in total. The fourth-order valence-corrected chi connectivity index (χ4v) is 3.56. The Balaban J connectivity index is 1.54. The number of amides is 1. The molecule has 0 spiro atoms. The monoisotopic (exact) mass is 407 g/mol. The zero-order valence-electron chi connectivity index (χ0n) is 16.0. The lowest BCUT2D eigenvalue weighted by Gasteiger charge is -2.10. The van der Waals surface area contributed by atoms with Crippen molar-refractivity contribution in [2.45, 2.75) is 13.3 Å². The highest BCUT2D eigenvalue weighted by Gasteiger charge is 2.20. The average Bonchev–Trinajstić information content (AvgIpc) is 3.28. The SMILES string of the molecule is Cc1ccccc1CCNC(=O)COC(=O)c1ccccc1C(=O)c1cccs1. The second kappa shape index (κ2) is 9.80. The van der Waals surface area contributed by atoms with E-state index in [4.69, 9.17) is 4.74 Å². The predicted molar refractivity (Wildman–Crippen MR) is 112 cm³/mol. The minimum absolute atomic E-state index is 0.151. The quantitative estimate of drug-likeness (QED) is 0.455. The van der Waals surface area contributed by atoms with Gasteiger partial charge in [0.2, 0.25) is 5.78 Å². The van der Waals surface area contributed by atoms with Gasteiger partial charge in [0.05, 0.1) is 10.4 Å². The van der Waals surface area contributed by atoms with Gasteiger partial charge in [0.25, 0.3) is 5.91 Å². The van der Waals surface area contributed by atoms with Crippen molar-refractivity contribution in [1.29, 1.82) is 0 Å². The van der Waals surface area contributed by atoms with Gasteiger partial charge >= 0.3 is 5.97 Å². The van der Waals surface area contributed by atoms with Gasteiger partial charge < -0.3 is 10.1 Å². The van der Waals surface area contributed by atoms with E-state index in [0.29, 0.717) is 17.8 Å². The van der Waals surface area contributed by atoms with E-state index in [1.165, 1.54) is 23.0 Å². The summed E-state index contributed by atoms with van der Waals surface area (Å²) >= 11 is 1.31. The summed E-state index contributed by atoms with van der Waals surface area (Å²) < 4.78 is 5.12. The van der Waals surface area contributed by atoms with Crippen molar-refractivity contribution in [3.63, 3.8) is 0 Å². The lowest BCUT2D eigenvalue weighted by atomic mass is 10.0. The smallest absolute Gasteiger partial charge is 0.339 e. The molecule has 3 rings (SSSR count). The first kappa shape index (κ1) is 20.5. The molecule has 29 heavy (non-hydrogen) atoms. The van der Waals surface area contributed by atoms with Crippen molar-refractivity contribution in [3.8, 4) is 0 Å². The van der Waals surface area contributed by atoms with Crippen molar-refractivity contribution in [1.82, 2.24) is 5.32 Å². The highest BCUT2D eigenvalue weighted by molar-refractivity contribution is 7.12. The summed E-state index contributed by atoms with van der Waals surface area (Å²) in [4.78, 5) is 37.6. The van der Waals surface area contributed by atoms with E-state index >= 15 is 0 Å². The lowest BCUT2D eigenvalue weighted by molar-refractivity contribution is -0.124. The summed E-state index contributed by atoms with van der Waals surface area (Å²) in [5.74, 6) is -1.32. The van der Waals surface area contributed by atoms with Crippen LogP contribution in [0.3, 0.4) is 0 Å². The van der Waals surface area contributed by atoms with Crippen LogP contribution in [0.5, 0.6) is 0 Å². The molecule has 5 nitrogen and oxygen atoms in total. The van der Waals surface area contributed by atoms with Crippen LogP contribution in [-0.2, 0) is 16.0 Å².